The lowest BCUT2D eigenvalue weighted by atomic mass is 10.2. The van der Waals surface area contributed by atoms with Gasteiger partial charge in [0.25, 0.3) is 5.69 Å². The molecule has 1 aromatic carbocycles. The second kappa shape index (κ2) is 6.74. The van der Waals surface area contributed by atoms with Gasteiger partial charge < -0.3 is 14.4 Å². The SMILES string of the molecule is CN(CCCn1c(=O)oc2ccc([N+](=O)[O-])cc21)CC(O)C1CC1. The summed E-state index contributed by atoms with van der Waals surface area (Å²) < 4.78 is 6.55. The predicted molar refractivity (Wildman–Crippen MR) is 88.0 cm³/mol. The van der Waals surface area contributed by atoms with Crippen LogP contribution in [-0.2, 0) is 6.54 Å². The summed E-state index contributed by atoms with van der Waals surface area (Å²) in [5.74, 6) is -0.0698. The molecule has 1 heterocycles. The standard InChI is InChI=1S/C16H21N3O5/c1-17(10-14(20)11-3-4-11)7-2-8-18-13-9-12(19(22)23)5-6-15(13)24-16(18)21/h5-6,9,11,14,20H,2-4,7-8,10H2,1H3. The number of aromatic nitrogens is 1. The first-order chi connectivity index (χ1) is 11.5. The van der Waals surface area contributed by atoms with Gasteiger partial charge in [-0.25, -0.2) is 4.79 Å². The third kappa shape index (κ3) is 3.65. The van der Waals surface area contributed by atoms with Crippen molar-refractivity contribution < 1.29 is 14.4 Å². The molecule has 1 unspecified atom stereocenters. The van der Waals surface area contributed by atoms with E-state index in [1.54, 1.807) is 0 Å². The van der Waals surface area contributed by atoms with Gasteiger partial charge in [-0.15, -0.1) is 0 Å². The third-order valence-corrected chi connectivity index (χ3v) is 4.45. The molecule has 0 saturated heterocycles. The number of aliphatic hydroxyl groups is 1. The van der Waals surface area contributed by atoms with E-state index in [0.29, 0.717) is 36.5 Å². The van der Waals surface area contributed by atoms with Crippen LogP contribution >= 0.6 is 0 Å². The van der Waals surface area contributed by atoms with Gasteiger partial charge in [-0.1, -0.05) is 0 Å². The molecule has 1 aliphatic rings. The maximum Gasteiger partial charge on any atom is 0.419 e. The second-order valence-corrected chi connectivity index (χ2v) is 6.45. The number of nitro groups is 1. The first-order valence-electron chi connectivity index (χ1n) is 8.10. The van der Waals surface area contributed by atoms with E-state index in [1.165, 1.54) is 22.8 Å². The number of hydrogen-bond donors (Lipinski definition) is 1. The summed E-state index contributed by atoms with van der Waals surface area (Å²) in [5.41, 5.74) is 0.722. The molecule has 0 spiro atoms. The Morgan fingerprint density at radius 2 is 2.25 bits per heavy atom. The van der Waals surface area contributed by atoms with Gasteiger partial charge in [0.1, 0.15) is 0 Å². The summed E-state index contributed by atoms with van der Waals surface area (Å²) in [6.45, 7) is 1.76. The van der Waals surface area contributed by atoms with Gasteiger partial charge >= 0.3 is 5.76 Å². The van der Waals surface area contributed by atoms with E-state index in [1.807, 2.05) is 11.9 Å². The van der Waals surface area contributed by atoms with Crippen LogP contribution in [-0.4, -0.2) is 45.7 Å². The lowest BCUT2D eigenvalue weighted by Gasteiger charge is -2.20. The van der Waals surface area contributed by atoms with Crippen molar-refractivity contribution in [3.05, 3.63) is 38.9 Å². The number of fused-ring (bicyclic) bond motifs is 1. The average molecular weight is 335 g/mol. The van der Waals surface area contributed by atoms with Crippen LogP contribution in [0.5, 0.6) is 0 Å². The topological polar surface area (TPSA) is 102 Å². The van der Waals surface area contributed by atoms with Gasteiger partial charge in [0.15, 0.2) is 5.58 Å². The molecule has 0 bridgehead atoms. The molecule has 3 rings (SSSR count). The molecule has 8 nitrogen and oxygen atoms in total. The van der Waals surface area contributed by atoms with Gasteiger partial charge in [0, 0.05) is 25.2 Å². The minimum Gasteiger partial charge on any atom is -0.408 e. The van der Waals surface area contributed by atoms with Crippen molar-refractivity contribution in [3.63, 3.8) is 0 Å². The highest BCUT2D eigenvalue weighted by atomic mass is 16.6. The average Bonchev–Trinajstić information content (AvgIpc) is 3.32. The molecule has 0 radical (unpaired) electrons. The van der Waals surface area contributed by atoms with E-state index < -0.39 is 10.7 Å². The highest BCUT2D eigenvalue weighted by Gasteiger charge is 2.30. The predicted octanol–water partition coefficient (Wildman–Crippen LogP) is 1.60. The number of likely N-dealkylation sites (N-methyl/N-ethyl adjacent to an activating group) is 1. The van der Waals surface area contributed by atoms with Crippen LogP contribution in [0.15, 0.2) is 27.4 Å². The van der Waals surface area contributed by atoms with Crippen LogP contribution in [0, 0.1) is 16.0 Å². The van der Waals surface area contributed by atoms with Crippen molar-refractivity contribution in [3.8, 4) is 0 Å². The molecule has 1 fully saturated rings. The Kier molecular flexibility index (Phi) is 4.68. The Hall–Kier alpha value is -2.19. The molecule has 1 N–H and O–H groups in total. The number of nitro benzene ring substituents is 1. The third-order valence-electron chi connectivity index (χ3n) is 4.45. The van der Waals surface area contributed by atoms with E-state index in [2.05, 4.69) is 0 Å². The zero-order valence-electron chi connectivity index (χ0n) is 13.6. The number of oxazole rings is 1. The summed E-state index contributed by atoms with van der Waals surface area (Å²) in [7, 11) is 1.94. The number of rotatable bonds is 8. The first kappa shape index (κ1) is 16.7. The van der Waals surface area contributed by atoms with Crippen LogP contribution in [0.1, 0.15) is 19.3 Å². The van der Waals surface area contributed by atoms with Crippen LogP contribution in [0.2, 0.25) is 0 Å². The fourth-order valence-corrected chi connectivity index (χ4v) is 2.92. The fourth-order valence-electron chi connectivity index (χ4n) is 2.92. The molecular formula is C16H21N3O5. The molecular weight excluding hydrogens is 314 g/mol. The number of nitrogens with zero attached hydrogens (tertiary/aromatic N) is 3. The van der Waals surface area contributed by atoms with Gasteiger partial charge in [0.05, 0.1) is 16.5 Å². The largest absolute Gasteiger partial charge is 0.419 e. The highest BCUT2D eigenvalue weighted by Crippen LogP contribution is 2.32. The van der Waals surface area contributed by atoms with Crippen LogP contribution in [0.25, 0.3) is 11.1 Å². The maximum atomic E-state index is 11.9. The molecule has 0 aliphatic heterocycles. The minimum atomic E-state index is -0.508. The lowest BCUT2D eigenvalue weighted by Crippen LogP contribution is -2.31. The molecule has 1 saturated carbocycles. The molecule has 1 aromatic heterocycles. The van der Waals surface area contributed by atoms with Crippen molar-refractivity contribution >= 4 is 16.8 Å². The van der Waals surface area contributed by atoms with E-state index in [9.17, 15) is 20.0 Å². The summed E-state index contributed by atoms with van der Waals surface area (Å²) >= 11 is 0. The molecule has 1 atom stereocenters. The summed E-state index contributed by atoms with van der Waals surface area (Å²) in [4.78, 5) is 24.4. The number of hydrogen-bond acceptors (Lipinski definition) is 6. The Morgan fingerprint density at radius 3 is 2.92 bits per heavy atom. The van der Waals surface area contributed by atoms with Crippen molar-refractivity contribution in [1.29, 1.82) is 0 Å². The monoisotopic (exact) mass is 335 g/mol. The van der Waals surface area contributed by atoms with E-state index in [4.69, 9.17) is 4.42 Å². The van der Waals surface area contributed by atoms with E-state index >= 15 is 0 Å². The Bertz CT molecular complexity index is 793. The second-order valence-electron chi connectivity index (χ2n) is 6.45. The zero-order chi connectivity index (χ0) is 17.3. The number of non-ortho nitro benzene ring substituents is 1. The molecule has 2 aromatic rings. The first-order valence-corrected chi connectivity index (χ1v) is 8.10. The summed E-state index contributed by atoms with van der Waals surface area (Å²) in [6, 6.07) is 4.13. The summed E-state index contributed by atoms with van der Waals surface area (Å²) in [5, 5.41) is 20.8. The van der Waals surface area contributed by atoms with Crippen LogP contribution in [0.4, 0.5) is 5.69 Å². The minimum absolute atomic E-state index is 0.0678. The quantitative estimate of drug-likeness (QED) is 0.581. The highest BCUT2D eigenvalue weighted by molar-refractivity contribution is 5.75. The van der Waals surface area contributed by atoms with Crippen molar-refractivity contribution in [2.24, 2.45) is 5.92 Å². The van der Waals surface area contributed by atoms with Crippen LogP contribution < -0.4 is 5.76 Å². The van der Waals surface area contributed by atoms with Gasteiger partial charge in [-0.2, -0.15) is 0 Å². The molecule has 0 amide bonds. The molecule has 1 aliphatic carbocycles. The zero-order valence-corrected chi connectivity index (χ0v) is 13.6. The van der Waals surface area contributed by atoms with Gasteiger partial charge in [-0.05, 0) is 44.8 Å². The van der Waals surface area contributed by atoms with E-state index in [0.717, 1.165) is 19.4 Å². The maximum absolute atomic E-state index is 11.9. The Morgan fingerprint density at radius 1 is 1.50 bits per heavy atom. The lowest BCUT2D eigenvalue weighted by molar-refractivity contribution is -0.384. The normalized spacial score (nSPS) is 16.0. The molecule has 130 valence electrons. The number of aliphatic hydroxyl groups excluding tert-OH is 1. The molecule has 8 heteroatoms. The molecule has 24 heavy (non-hydrogen) atoms. The Labute approximate surface area is 138 Å². The van der Waals surface area contributed by atoms with Crippen molar-refractivity contribution in [2.75, 3.05) is 20.1 Å². The smallest absolute Gasteiger partial charge is 0.408 e. The summed E-state index contributed by atoms with van der Waals surface area (Å²) in [6.07, 6.45) is 2.61. The number of aryl methyl sites for hydroxylation is 1. The van der Waals surface area contributed by atoms with Crippen molar-refractivity contribution in [1.82, 2.24) is 9.47 Å². The van der Waals surface area contributed by atoms with Crippen molar-refractivity contribution in [2.45, 2.75) is 31.9 Å². The van der Waals surface area contributed by atoms with E-state index in [-0.39, 0.29) is 11.8 Å². The Balaban J connectivity index is 1.63. The van der Waals surface area contributed by atoms with Crippen LogP contribution in [0.3, 0.4) is 0 Å². The number of benzene rings is 1. The van der Waals surface area contributed by atoms with Gasteiger partial charge in [0.2, 0.25) is 0 Å². The fraction of sp³-hybridized carbons (Fsp3) is 0.562. The van der Waals surface area contributed by atoms with Gasteiger partial charge in [-0.3, -0.25) is 14.7 Å².